The fourth-order valence-corrected chi connectivity index (χ4v) is 3.72. The van der Waals surface area contributed by atoms with Crippen LogP contribution >= 0.6 is 11.3 Å². The zero-order valence-electron chi connectivity index (χ0n) is 14.6. The van der Waals surface area contributed by atoms with Crippen molar-refractivity contribution in [2.45, 2.75) is 13.5 Å². The first kappa shape index (κ1) is 17.2. The molecule has 1 N–H and O–H groups in total. The lowest BCUT2D eigenvalue weighted by Crippen LogP contribution is -2.27. The number of hydrogen-bond acceptors (Lipinski definition) is 5. The Morgan fingerprint density at radius 1 is 1.15 bits per heavy atom. The molecule has 0 fully saturated rings. The molecule has 2 aromatic heterocycles. The number of aryl methyl sites for hydroxylation is 1. The van der Waals surface area contributed by atoms with E-state index in [2.05, 4.69) is 10.3 Å². The molecule has 0 aliphatic heterocycles. The third-order valence-electron chi connectivity index (χ3n) is 4.24. The average Bonchev–Trinajstić information content (AvgIpc) is 3.14. The minimum atomic E-state index is -0.648. The van der Waals surface area contributed by atoms with Gasteiger partial charge in [-0.3, -0.25) is 4.79 Å². The predicted molar refractivity (Wildman–Crippen MR) is 106 cm³/mol. The Morgan fingerprint density at radius 3 is 2.78 bits per heavy atom. The van der Waals surface area contributed by atoms with Gasteiger partial charge in [0.1, 0.15) is 16.2 Å². The molecule has 0 spiro atoms. The van der Waals surface area contributed by atoms with E-state index in [0.29, 0.717) is 11.0 Å². The highest BCUT2D eigenvalue weighted by atomic mass is 32.1. The summed E-state index contributed by atoms with van der Waals surface area (Å²) in [5, 5.41) is 6.26. The highest BCUT2D eigenvalue weighted by Crippen LogP contribution is 2.26. The summed E-state index contributed by atoms with van der Waals surface area (Å²) in [7, 11) is 0. The van der Waals surface area contributed by atoms with Crippen LogP contribution in [0.1, 0.15) is 21.6 Å². The molecular weight excluding hydrogens is 360 g/mol. The van der Waals surface area contributed by atoms with Crippen LogP contribution < -0.4 is 10.9 Å². The third-order valence-corrected chi connectivity index (χ3v) is 5.17. The van der Waals surface area contributed by atoms with Crippen molar-refractivity contribution < 1.29 is 9.21 Å². The second-order valence-corrected chi connectivity index (χ2v) is 6.99. The first-order chi connectivity index (χ1) is 13.1. The molecule has 0 unspecified atom stereocenters. The topological polar surface area (TPSA) is 72.2 Å². The van der Waals surface area contributed by atoms with Crippen LogP contribution in [0, 0.1) is 6.92 Å². The highest BCUT2D eigenvalue weighted by molar-refractivity contribution is 7.13. The van der Waals surface area contributed by atoms with Crippen LogP contribution in [0.25, 0.3) is 21.5 Å². The van der Waals surface area contributed by atoms with E-state index in [1.165, 1.54) is 11.3 Å². The number of benzene rings is 2. The van der Waals surface area contributed by atoms with Gasteiger partial charge in [-0.1, -0.05) is 42.5 Å². The number of nitrogens with zero attached hydrogens (tertiary/aromatic N) is 1. The zero-order valence-corrected chi connectivity index (χ0v) is 15.4. The van der Waals surface area contributed by atoms with E-state index in [4.69, 9.17) is 4.42 Å². The van der Waals surface area contributed by atoms with Crippen molar-refractivity contribution in [3.63, 3.8) is 0 Å². The summed E-state index contributed by atoms with van der Waals surface area (Å²) in [5.41, 5.74) is 2.78. The van der Waals surface area contributed by atoms with Crippen LogP contribution in [-0.4, -0.2) is 10.9 Å². The fourth-order valence-electron chi connectivity index (χ4n) is 2.81. The standard InChI is InChI=1S/C21H16N2O3S/c1-13-6-2-4-8-16(13)20-23-15(12-27-20)11-22-19(24)17-10-14-7-3-5-9-18(14)26-21(17)25/h2-10,12H,11H2,1H3,(H,22,24). The van der Waals surface area contributed by atoms with Gasteiger partial charge in [-0.25, -0.2) is 9.78 Å². The molecule has 0 bridgehead atoms. The molecule has 27 heavy (non-hydrogen) atoms. The highest BCUT2D eigenvalue weighted by Gasteiger charge is 2.14. The number of carbonyl (C=O) groups excluding carboxylic acids is 1. The van der Waals surface area contributed by atoms with Crippen molar-refractivity contribution in [1.29, 1.82) is 0 Å². The van der Waals surface area contributed by atoms with E-state index >= 15 is 0 Å². The van der Waals surface area contributed by atoms with Gasteiger partial charge >= 0.3 is 5.63 Å². The molecule has 0 aliphatic carbocycles. The first-order valence-corrected chi connectivity index (χ1v) is 9.31. The van der Waals surface area contributed by atoms with Crippen LogP contribution in [0.15, 0.2) is 69.2 Å². The summed E-state index contributed by atoms with van der Waals surface area (Å²) in [6.07, 6.45) is 0. The van der Waals surface area contributed by atoms with Gasteiger partial charge in [-0.2, -0.15) is 0 Å². The van der Waals surface area contributed by atoms with Crippen molar-refractivity contribution in [3.8, 4) is 10.6 Å². The maximum Gasteiger partial charge on any atom is 0.349 e. The largest absolute Gasteiger partial charge is 0.422 e. The summed E-state index contributed by atoms with van der Waals surface area (Å²) in [6.45, 7) is 2.28. The molecule has 0 saturated heterocycles. The van der Waals surface area contributed by atoms with Crippen molar-refractivity contribution in [1.82, 2.24) is 10.3 Å². The minimum absolute atomic E-state index is 0.0111. The molecule has 6 heteroatoms. The van der Waals surface area contributed by atoms with Crippen molar-refractivity contribution in [3.05, 3.63) is 87.2 Å². The van der Waals surface area contributed by atoms with E-state index in [9.17, 15) is 9.59 Å². The van der Waals surface area contributed by atoms with E-state index in [1.54, 1.807) is 24.3 Å². The number of thiazole rings is 1. The Morgan fingerprint density at radius 2 is 1.93 bits per heavy atom. The van der Waals surface area contributed by atoms with Gasteiger partial charge < -0.3 is 9.73 Å². The van der Waals surface area contributed by atoms with E-state index < -0.39 is 11.5 Å². The van der Waals surface area contributed by atoms with Crippen LogP contribution in [0.2, 0.25) is 0 Å². The van der Waals surface area contributed by atoms with Gasteiger partial charge in [0.2, 0.25) is 0 Å². The van der Waals surface area contributed by atoms with Crippen molar-refractivity contribution in [2.24, 2.45) is 0 Å². The van der Waals surface area contributed by atoms with Gasteiger partial charge in [0.05, 0.1) is 12.2 Å². The van der Waals surface area contributed by atoms with Crippen LogP contribution in [-0.2, 0) is 6.54 Å². The second-order valence-electron chi connectivity index (χ2n) is 6.13. The van der Waals surface area contributed by atoms with Gasteiger partial charge in [-0.05, 0) is 24.6 Å². The van der Waals surface area contributed by atoms with Gasteiger partial charge in [-0.15, -0.1) is 11.3 Å². The van der Waals surface area contributed by atoms with Crippen LogP contribution in [0.5, 0.6) is 0 Å². The molecule has 0 aliphatic rings. The number of amides is 1. The molecule has 2 heterocycles. The van der Waals surface area contributed by atoms with Crippen LogP contribution in [0.4, 0.5) is 0 Å². The Balaban J connectivity index is 1.51. The Hall–Kier alpha value is -3.25. The molecule has 5 nitrogen and oxygen atoms in total. The summed E-state index contributed by atoms with van der Waals surface area (Å²) in [4.78, 5) is 29.1. The molecule has 4 aromatic rings. The van der Waals surface area contributed by atoms with Crippen molar-refractivity contribution in [2.75, 3.05) is 0 Å². The van der Waals surface area contributed by atoms with E-state index in [0.717, 1.165) is 21.8 Å². The number of hydrogen-bond donors (Lipinski definition) is 1. The lowest BCUT2D eigenvalue weighted by atomic mass is 10.1. The smallest absolute Gasteiger partial charge is 0.349 e. The second kappa shape index (κ2) is 7.17. The zero-order chi connectivity index (χ0) is 18.8. The van der Waals surface area contributed by atoms with E-state index in [-0.39, 0.29) is 12.1 Å². The molecule has 0 atom stereocenters. The number of rotatable bonds is 4. The molecular formula is C21H16N2O3S. The number of para-hydroxylation sites is 1. The van der Waals surface area contributed by atoms with E-state index in [1.807, 2.05) is 42.6 Å². The average molecular weight is 376 g/mol. The molecule has 0 radical (unpaired) electrons. The number of aromatic nitrogens is 1. The van der Waals surface area contributed by atoms with Crippen molar-refractivity contribution >= 4 is 28.2 Å². The maximum absolute atomic E-state index is 12.4. The monoisotopic (exact) mass is 376 g/mol. The Kier molecular flexibility index (Phi) is 4.56. The molecule has 0 saturated carbocycles. The molecule has 1 amide bonds. The summed E-state index contributed by atoms with van der Waals surface area (Å²) in [5.74, 6) is -0.472. The number of nitrogens with one attached hydrogen (secondary N) is 1. The minimum Gasteiger partial charge on any atom is -0.422 e. The maximum atomic E-state index is 12.4. The lowest BCUT2D eigenvalue weighted by Gasteiger charge is -2.04. The van der Waals surface area contributed by atoms with Gasteiger partial charge in [0, 0.05) is 16.3 Å². The Bertz CT molecular complexity index is 1190. The quantitative estimate of drug-likeness (QED) is 0.543. The Labute approximate surface area is 159 Å². The number of fused-ring (bicyclic) bond motifs is 1. The SMILES string of the molecule is Cc1ccccc1-c1nc(CNC(=O)c2cc3ccccc3oc2=O)cs1. The summed E-state index contributed by atoms with van der Waals surface area (Å²) >= 11 is 1.53. The first-order valence-electron chi connectivity index (χ1n) is 8.43. The molecule has 2 aromatic carbocycles. The molecule has 134 valence electrons. The van der Waals surface area contributed by atoms with Gasteiger partial charge in [0.15, 0.2) is 0 Å². The summed E-state index contributed by atoms with van der Waals surface area (Å²) in [6, 6.07) is 16.7. The predicted octanol–water partition coefficient (Wildman–Crippen LogP) is 4.15. The fraction of sp³-hybridized carbons (Fsp3) is 0.0952. The number of carbonyl (C=O) groups is 1. The lowest BCUT2D eigenvalue weighted by molar-refractivity contribution is 0.0947. The molecule has 4 rings (SSSR count). The normalized spacial score (nSPS) is 10.9. The van der Waals surface area contributed by atoms with Gasteiger partial charge in [0.25, 0.3) is 5.91 Å². The van der Waals surface area contributed by atoms with Crippen LogP contribution in [0.3, 0.4) is 0 Å². The third kappa shape index (κ3) is 3.52. The summed E-state index contributed by atoms with van der Waals surface area (Å²) < 4.78 is 5.21.